The summed E-state index contributed by atoms with van der Waals surface area (Å²) in [6, 6.07) is 14.2. The predicted octanol–water partition coefficient (Wildman–Crippen LogP) is 3.34. The number of para-hydroxylation sites is 2. The lowest BCUT2D eigenvalue weighted by Gasteiger charge is -2.17. The molecule has 2 aromatic rings. The van der Waals surface area contributed by atoms with Crippen LogP contribution < -0.4 is 15.0 Å². The molecule has 1 N–H and O–H groups in total. The fourth-order valence-electron chi connectivity index (χ4n) is 2.74. The summed E-state index contributed by atoms with van der Waals surface area (Å²) in [5.41, 5.74) is 1.35. The zero-order valence-electron chi connectivity index (χ0n) is 13.2. The van der Waals surface area contributed by atoms with E-state index in [0.717, 1.165) is 5.69 Å². The van der Waals surface area contributed by atoms with Gasteiger partial charge in [-0.2, -0.15) is 0 Å². The van der Waals surface area contributed by atoms with E-state index in [-0.39, 0.29) is 18.2 Å². The summed E-state index contributed by atoms with van der Waals surface area (Å²) in [5, 5.41) is 3.45. The van der Waals surface area contributed by atoms with Gasteiger partial charge in [0.05, 0.1) is 18.7 Å². The van der Waals surface area contributed by atoms with Gasteiger partial charge in [-0.3, -0.25) is 9.59 Å². The molecular weight excluding hydrogens is 328 g/mol. The fraction of sp³-hybridized carbons (Fsp3) is 0.222. The first-order chi connectivity index (χ1) is 11.6. The van der Waals surface area contributed by atoms with Crippen molar-refractivity contribution in [3.63, 3.8) is 0 Å². The lowest BCUT2D eigenvalue weighted by atomic mass is 10.1. The molecule has 1 aliphatic rings. The molecule has 3 rings (SSSR count). The Bertz CT molecular complexity index is 761. The minimum atomic E-state index is -0.405. The van der Waals surface area contributed by atoms with Crippen molar-refractivity contribution in [2.75, 3.05) is 23.9 Å². The maximum absolute atomic E-state index is 12.5. The first-order valence-corrected chi connectivity index (χ1v) is 7.96. The van der Waals surface area contributed by atoms with E-state index in [1.54, 1.807) is 48.4 Å². The van der Waals surface area contributed by atoms with Crippen LogP contribution in [-0.4, -0.2) is 25.5 Å². The molecule has 2 amide bonds. The van der Waals surface area contributed by atoms with Crippen molar-refractivity contribution in [3.8, 4) is 5.75 Å². The van der Waals surface area contributed by atoms with Gasteiger partial charge in [-0.25, -0.2) is 0 Å². The highest BCUT2D eigenvalue weighted by Crippen LogP contribution is 2.29. The van der Waals surface area contributed by atoms with Crippen molar-refractivity contribution in [1.82, 2.24) is 0 Å². The Morgan fingerprint density at radius 1 is 1.21 bits per heavy atom. The van der Waals surface area contributed by atoms with Crippen molar-refractivity contribution >= 4 is 34.8 Å². The van der Waals surface area contributed by atoms with Crippen LogP contribution in [0.25, 0.3) is 0 Å². The Morgan fingerprint density at radius 3 is 2.62 bits per heavy atom. The van der Waals surface area contributed by atoms with Crippen molar-refractivity contribution in [1.29, 1.82) is 0 Å². The van der Waals surface area contributed by atoms with E-state index < -0.39 is 5.92 Å². The quantitative estimate of drug-likeness (QED) is 0.925. The maximum Gasteiger partial charge on any atom is 0.229 e. The molecule has 24 heavy (non-hydrogen) atoms. The zero-order valence-corrected chi connectivity index (χ0v) is 13.9. The molecule has 0 bridgehead atoms. The van der Waals surface area contributed by atoms with Crippen LogP contribution in [0, 0.1) is 5.92 Å². The second-order valence-corrected chi connectivity index (χ2v) is 6.01. The van der Waals surface area contributed by atoms with Gasteiger partial charge in [-0.15, -0.1) is 0 Å². The Labute approximate surface area is 145 Å². The topological polar surface area (TPSA) is 58.6 Å². The summed E-state index contributed by atoms with van der Waals surface area (Å²) in [5.74, 6) is -0.0790. The summed E-state index contributed by atoms with van der Waals surface area (Å²) in [4.78, 5) is 26.3. The third kappa shape index (κ3) is 3.36. The van der Waals surface area contributed by atoms with Gasteiger partial charge in [-0.1, -0.05) is 23.7 Å². The lowest BCUT2D eigenvalue weighted by Crippen LogP contribution is -2.28. The van der Waals surface area contributed by atoms with Crippen molar-refractivity contribution in [3.05, 3.63) is 53.6 Å². The van der Waals surface area contributed by atoms with Gasteiger partial charge in [0.1, 0.15) is 5.75 Å². The number of hydrogen-bond acceptors (Lipinski definition) is 3. The maximum atomic E-state index is 12.5. The number of ether oxygens (including phenoxy) is 1. The Morgan fingerprint density at radius 2 is 1.92 bits per heavy atom. The first kappa shape index (κ1) is 16.3. The second-order valence-electron chi connectivity index (χ2n) is 5.57. The third-order valence-electron chi connectivity index (χ3n) is 4.00. The number of anilines is 2. The minimum Gasteiger partial charge on any atom is -0.495 e. The van der Waals surface area contributed by atoms with E-state index in [0.29, 0.717) is 23.0 Å². The summed E-state index contributed by atoms with van der Waals surface area (Å²) < 4.78 is 5.23. The molecule has 6 heteroatoms. The molecule has 1 fully saturated rings. The van der Waals surface area contributed by atoms with E-state index in [4.69, 9.17) is 16.3 Å². The Balaban J connectivity index is 1.71. The average Bonchev–Trinajstić information content (AvgIpc) is 2.98. The molecular formula is C18H17ClN2O3. The van der Waals surface area contributed by atoms with Gasteiger partial charge >= 0.3 is 0 Å². The Kier molecular flexibility index (Phi) is 4.71. The van der Waals surface area contributed by atoms with Gasteiger partial charge in [0.2, 0.25) is 11.8 Å². The largest absolute Gasteiger partial charge is 0.495 e. The molecule has 1 saturated heterocycles. The number of halogens is 1. The van der Waals surface area contributed by atoms with E-state index in [2.05, 4.69) is 5.32 Å². The van der Waals surface area contributed by atoms with Gasteiger partial charge in [0, 0.05) is 23.7 Å². The third-order valence-corrected chi connectivity index (χ3v) is 4.25. The molecule has 0 aromatic heterocycles. The normalized spacial score (nSPS) is 17.0. The van der Waals surface area contributed by atoms with Crippen molar-refractivity contribution in [2.45, 2.75) is 6.42 Å². The first-order valence-electron chi connectivity index (χ1n) is 7.58. The number of methoxy groups -OCH3 is 1. The SMILES string of the molecule is COc1ccccc1NC(=O)[C@H]1CC(=O)N(c2ccc(Cl)cc2)C1. The van der Waals surface area contributed by atoms with E-state index in [9.17, 15) is 9.59 Å². The van der Waals surface area contributed by atoms with Crippen LogP contribution in [0.5, 0.6) is 5.75 Å². The summed E-state index contributed by atoms with van der Waals surface area (Å²) >= 11 is 5.87. The number of nitrogens with zero attached hydrogens (tertiary/aromatic N) is 1. The molecule has 1 atom stereocenters. The zero-order chi connectivity index (χ0) is 17.1. The molecule has 0 aliphatic carbocycles. The molecule has 1 heterocycles. The van der Waals surface area contributed by atoms with Crippen LogP contribution in [0.15, 0.2) is 48.5 Å². The fourth-order valence-corrected chi connectivity index (χ4v) is 2.86. The number of benzene rings is 2. The molecule has 0 spiro atoms. The monoisotopic (exact) mass is 344 g/mol. The van der Waals surface area contributed by atoms with Crippen molar-refractivity contribution in [2.24, 2.45) is 5.92 Å². The molecule has 0 unspecified atom stereocenters. The minimum absolute atomic E-state index is 0.0718. The van der Waals surface area contributed by atoms with E-state index in [1.165, 1.54) is 0 Å². The van der Waals surface area contributed by atoms with Gasteiger partial charge in [0.25, 0.3) is 0 Å². The van der Waals surface area contributed by atoms with Gasteiger partial charge < -0.3 is 15.0 Å². The smallest absolute Gasteiger partial charge is 0.229 e. The van der Waals surface area contributed by atoms with Crippen LogP contribution >= 0.6 is 11.6 Å². The highest BCUT2D eigenvalue weighted by atomic mass is 35.5. The number of carbonyl (C=O) groups is 2. The number of carbonyl (C=O) groups excluding carboxylic acids is 2. The highest BCUT2D eigenvalue weighted by Gasteiger charge is 2.35. The molecule has 0 saturated carbocycles. The average molecular weight is 345 g/mol. The molecule has 124 valence electrons. The highest BCUT2D eigenvalue weighted by molar-refractivity contribution is 6.30. The molecule has 5 nitrogen and oxygen atoms in total. The lowest BCUT2D eigenvalue weighted by molar-refractivity contribution is -0.122. The van der Waals surface area contributed by atoms with Crippen LogP contribution in [-0.2, 0) is 9.59 Å². The van der Waals surface area contributed by atoms with E-state index >= 15 is 0 Å². The van der Waals surface area contributed by atoms with Crippen LogP contribution in [0.4, 0.5) is 11.4 Å². The molecule has 2 aromatic carbocycles. The van der Waals surface area contributed by atoms with Gasteiger partial charge in [-0.05, 0) is 36.4 Å². The summed E-state index contributed by atoms with van der Waals surface area (Å²) in [6.07, 6.45) is 0.184. The van der Waals surface area contributed by atoms with Crippen LogP contribution in [0.3, 0.4) is 0 Å². The molecule has 1 aliphatic heterocycles. The predicted molar refractivity (Wildman–Crippen MR) is 93.5 cm³/mol. The van der Waals surface area contributed by atoms with Crippen LogP contribution in [0.1, 0.15) is 6.42 Å². The molecule has 0 radical (unpaired) electrons. The van der Waals surface area contributed by atoms with Crippen molar-refractivity contribution < 1.29 is 14.3 Å². The number of nitrogens with one attached hydrogen (secondary N) is 1. The summed E-state index contributed by atoms with van der Waals surface area (Å²) in [7, 11) is 1.55. The number of rotatable bonds is 4. The Hall–Kier alpha value is -2.53. The van der Waals surface area contributed by atoms with E-state index in [1.807, 2.05) is 12.1 Å². The van der Waals surface area contributed by atoms with Crippen LogP contribution in [0.2, 0.25) is 5.02 Å². The van der Waals surface area contributed by atoms with Gasteiger partial charge in [0.15, 0.2) is 0 Å². The number of amides is 2. The second kappa shape index (κ2) is 6.93. The summed E-state index contributed by atoms with van der Waals surface area (Å²) in [6.45, 7) is 0.349. The number of hydrogen-bond donors (Lipinski definition) is 1. The standard InChI is InChI=1S/C18H17ClN2O3/c1-24-16-5-3-2-4-15(16)20-18(23)12-10-17(22)21(11-12)14-8-6-13(19)7-9-14/h2-9,12H,10-11H2,1H3,(H,20,23)/t12-/m0/s1.